The Bertz CT molecular complexity index is 1130. The monoisotopic (exact) mass is 939 g/mol. The minimum Gasteiger partial charge on any atom is -0.462 e. The van der Waals surface area contributed by atoms with Gasteiger partial charge in [-0.2, -0.15) is 0 Å². The van der Waals surface area contributed by atoms with Crippen LogP contribution in [0.1, 0.15) is 273 Å². The van der Waals surface area contributed by atoms with Crippen molar-refractivity contribution >= 4 is 35.8 Å². The SMILES string of the molecule is CCCCCCC(CCC(CCCCCCCC(=O)OCCOC(=O)CCCCCCCC(CCC(CCCCCC)OC(=O)CCC)OC(=O)CCC)OC(=O)CCC)OC(=O)CCC. The number of rotatable bonds is 47. The summed E-state index contributed by atoms with van der Waals surface area (Å²) in [6, 6.07) is 0. The summed E-state index contributed by atoms with van der Waals surface area (Å²) in [5.74, 6) is -1.23. The molecule has 0 amide bonds. The lowest BCUT2D eigenvalue weighted by Crippen LogP contribution is -2.23. The van der Waals surface area contributed by atoms with Gasteiger partial charge in [-0.25, -0.2) is 0 Å². The lowest BCUT2D eigenvalue weighted by atomic mass is 9.99. The first kappa shape index (κ1) is 62.8. The minimum absolute atomic E-state index is 0.0465. The van der Waals surface area contributed by atoms with Gasteiger partial charge >= 0.3 is 35.8 Å². The van der Waals surface area contributed by atoms with Gasteiger partial charge in [-0.1, -0.05) is 119 Å². The summed E-state index contributed by atoms with van der Waals surface area (Å²) in [6.45, 7) is 12.3. The smallest absolute Gasteiger partial charge is 0.306 e. The second-order valence-corrected chi connectivity index (χ2v) is 18.4. The first-order valence-electron chi connectivity index (χ1n) is 27.1. The molecule has 0 saturated heterocycles. The first-order valence-corrected chi connectivity index (χ1v) is 27.1. The molecule has 0 rings (SSSR count). The predicted molar refractivity (Wildman–Crippen MR) is 262 cm³/mol. The van der Waals surface area contributed by atoms with Crippen molar-refractivity contribution in [1.82, 2.24) is 0 Å². The van der Waals surface area contributed by atoms with Gasteiger partial charge in [-0.05, 0) is 116 Å². The highest BCUT2D eigenvalue weighted by molar-refractivity contribution is 5.71. The fourth-order valence-electron chi connectivity index (χ4n) is 7.98. The molecular weight excluding hydrogens is 841 g/mol. The Morgan fingerprint density at radius 3 is 0.758 bits per heavy atom. The molecule has 0 aromatic carbocycles. The quantitative estimate of drug-likeness (QED) is 0.0323. The average Bonchev–Trinajstić information content (AvgIpc) is 3.28. The third-order valence-electron chi connectivity index (χ3n) is 11.8. The molecule has 4 unspecified atom stereocenters. The highest BCUT2D eigenvalue weighted by Gasteiger charge is 2.22. The number of hydrogen-bond acceptors (Lipinski definition) is 12. The zero-order chi connectivity index (χ0) is 48.9. The second-order valence-electron chi connectivity index (χ2n) is 18.4. The molecule has 0 aliphatic heterocycles. The van der Waals surface area contributed by atoms with Crippen molar-refractivity contribution in [2.45, 2.75) is 297 Å². The molecule has 0 aromatic rings. The van der Waals surface area contributed by atoms with Crippen molar-refractivity contribution in [3.63, 3.8) is 0 Å². The number of unbranched alkanes of at least 4 members (excludes halogenated alkanes) is 14. The van der Waals surface area contributed by atoms with E-state index in [0.29, 0.717) is 64.2 Å². The third-order valence-corrected chi connectivity index (χ3v) is 11.8. The van der Waals surface area contributed by atoms with Crippen molar-refractivity contribution in [3.8, 4) is 0 Å². The van der Waals surface area contributed by atoms with E-state index >= 15 is 0 Å². The van der Waals surface area contributed by atoms with Crippen molar-refractivity contribution in [2.24, 2.45) is 0 Å². The van der Waals surface area contributed by atoms with Crippen LogP contribution in [0.15, 0.2) is 0 Å². The fraction of sp³-hybridized carbons (Fsp3) is 0.889. The molecular formula is C54H98O12. The van der Waals surface area contributed by atoms with E-state index in [-0.39, 0.29) is 73.4 Å². The van der Waals surface area contributed by atoms with Crippen LogP contribution >= 0.6 is 0 Å². The molecule has 0 aliphatic rings. The maximum Gasteiger partial charge on any atom is 0.306 e. The predicted octanol–water partition coefficient (Wildman–Crippen LogP) is 13.9. The van der Waals surface area contributed by atoms with Crippen molar-refractivity contribution in [2.75, 3.05) is 13.2 Å². The summed E-state index contributed by atoms with van der Waals surface area (Å²) in [7, 11) is 0. The van der Waals surface area contributed by atoms with Crippen molar-refractivity contribution in [1.29, 1.82) is 0 Å². The summed E-state index contributed by atoms with van der Waals surface area (Å²) < 4.78 is 33.9. The number of carbonyl (C=O) groups excluding carboxylic acids is 6. The van der Waals surface area contributed by atoms with Gasteiger partial charge in [0.05, 0.1) is 0 Å². The van der Waals surface area contributed by atoms with Crippen molar-refractivity contribution < 1.29 is 57.2 Å². The van der Waals surface area contributed by atoms with E-state index < -0.39 is 0 Å². The molecule has 66 heavy (non-hydrogen) atoms. The summed E-state index contributed by atoms with van der Waals surface area (Å²) in [4.78, 5) is 73.9. The van der Waals surface area contributed by atoms with Crippen LogP contribution in [0.4, 0.5) is 0 Å². The molecule has 0 bridgehead atoms. The van der Waals surface area contributed by atoms with Gasteiger partial charge in [0, 0.05) is 38.5 Å². The zero-order valence-electron chi connectivity index (χ0n) is 43.1. The third kappa shape index (κ3) is 39.9. The normalized spacial score (nSPS) is 13.0. The van der Waals surface area contributed by atoms with Crippen LogP contribution in [-0.2, 0) is 57.2 Å². The van der Waals surface area contributed by atoms with Gasteiger partial charge in [0.2, 0.25) is 0 Å². The molecule has 0 spiro atoms. The van der Waals surface area contributed by atoms with Crippen LogP contribution in [0.5, 0.6) is 0 Å². The maximum absolute atomic E-state index is 12.4. The van der Waals surface area contributed by atoms with Crippen molar-refractivity contribution in [3.05, 3.63) is 0 Å². The highest BCUT2D eigenvalue weighted by atomic mass is 16.6. The van der Waals surface area contributed by atoms with Gasteiger partial charge in [0.25, 0.3) is 0 Å². The van der Waals surface area contributed by atoms with Gasteiger partial charge in [-0.15, -0.1) is 0 Å². The van der Waals surface area contributed by atoms with Crippen LogP contribution < -0.4 is 0 Å². The van der Waals surface area contributed by atoms with E-state index in [1.165, 1.54) is 12.8 Å². The molecule has 0 fully saturated rings. The Labute approximate surface area is 402 Å². The molecule has 0 heterocycles. The topological polar surface area (TPSA) is 158 Å². The van der Waals surface area contributed by atoms with Crippen LogP contribution in [0, 0.1) is 0 Å². The van der Waals surface area contributed by atoms with Gasteiger partial charge in [-0.3, -0.25) is 28.8 Å². The Morgan fingerprint density at radius 2 is 0.500 bits per heavy atom. The molecule has 12 nitrogen and oxygen atoms in total. The van der Waals surface area contributed by atoms with Crippen LogP contribution in [0.3, 0.4) is 0 Å². The molecule has 0 radical (unpaired) electrons. The number of ether oxygens (including phenoxy) is 6. The Balaban J connectivity index is 4.39. The molecule has 4 atom stereocenters. The molecule has 0 aliphatic carbocycles. The zero-order valence-corrected chi connectivity index (χ0v) is 43.1. The molecule has 12 heteroatoms. The Hall–Kier alpha value is -3.18. The largest absolute Gasteiger partial charge is 0.462 e. The average molecular weight is 939 g/mol. The van der Waals surface area contributed by atoms with E-state index in [1.807, 2.05) is 27.7 Å². The highest BCUT2D eigenvalue weighted by Crippen LogP contribution is 2.23. The summed E-state index contributed by atoms with van der Waals surface area (Å²) in [5.41, 5.74) is 0. The van der Waals surface area contributed by atoms with E-state index in [0.717, 1.165) is 154 Å². The minimum atomic E-state index is -0.294. The van der Waals surface area contributed by atoms with E-state index in [1.54, 1.807) is 0 Å². The van der Waals surface area contributed by atoms with Crippen LogP contribution in [0.25, 0.3) is 0 Å². The molecule has 0 saturated carbocycles. The first-order chi connectivity index (χ1) is 32.0. The van der Waals surface area contributed by atoms with E-state index in [9.17, 15) is 28.8 Å². The second kappa shape index (κ2) is 45.6. The van der Waals surface area contributed by atoms with Gasteiger partial charge in [0.1, 0.15) is 37.6 Å². The lowest BCUT2D eigenvalue weighted by Gasteiger charge is -2.22. The number of hydrogen-bond donors (Lipinski definition) is 0. The number of carbonyl (C=O) groups is 6. The number of esters is 6. The fourth-order valence-corrected chi connectivity index (χ4v) is 7.98. The summed E-state index contributed by atoms with van der Waals surface area (Å²) in [6.07, 6.45) is 28.4. The van der Waals surface area contributed by atoms with Gasteiger partial charge < -0.3 is 28.4 Å². The van der Waals surface area contributed by atoms with Crippen LogP contribution in [0.2, 0.25) is 0 Å². The van der Waals surface area contributed by atoms with E-state index in [2.05, 4.69) is 13.8 Å². The molecule has 0 N–H and O–H groups in total. The maximum atomic E-state index is 12.4. The Kier molecular flexibility index (Phi) is 43.4. The standard InChI is InChI=1S/C54H98O12/c1-7-13-15-23-33-45(63-51(57)29-9-3)39-41-47(65-53(59)31-11-5)35-25-19-17-21-27-37-49(55)61-43-44-62-50(56)38-28-22-18-20-26-36-48(66-54(60)32-12-6)42-40-46(34-24-16-14-8-2)64-52(58)30-10-4/h45-48H,7-44H2,1-6H3. The Morgan fingerprint density at radius 1 is 0.258 bits per heavy atom. The van der Waals surface area contributed by atoms with E-state index in [4.69, 9.17) is 28.4 Å². The van der Waals surface area contributed by atoms with Crippen LogP contribution in [-0.4, -0.2) is 73.4 Å². The molecule has 386 valence electrons. The summed E-state index contributed by atoms with van der Waals surface area (Å²) in [5, 5.41) is 0. The summed E-state index contributed by atoms with van der Waals surface area (Å²) >= 11 is 0. The molecule has 0 aromatic heterocycles. The van der Waals surface area contributed by atoms with Gasteiger partial charge in [0.15, 0.2) is 0 Å². The lowest BCUT2D eigenvalue weighted by molar-refractivity contribution is -0.154.